The van der Waals surface area contributed by atoms with Crippen molar-refractivity contribution in [2.24, 2.45) is 17.3 Å². The monoisotopic (exact) mass is 563 g/mol. The fourth-order valence-electron chi connectivity index (χ4n) is 4.57. The van der Waals surface area contributed by atoms with Crippen molar-refractivity contribution in [3.63, 3.8) is 0 Å². The number of hydrogen-bond acceptors (Lipinski definition) is 3. The van der Waals surface area contributed by atoms with Crippen LogP contribution in [0.5, 0.6) is 0 Å². The van der Waals surface area contributed by atoms with Crippen molar-refractivity contribution in [3.05, 3.63) is 82.3 Å². The molecule has 1 aliphatic rings. The number of benzene rings is 2. The molecule has 1 N–H and O–H groups in total. The number of carbonyl (C=O) groups is 1. The van der Waals surface area contributed by atoms with Gasteiger partial charge >= 0.3 is 18.3 Å². The van der Waals surface area contributed by atoms with Crippen LogP contribution in [-0.4, -0.2) is 19.3 Å². The zero-order valence-electron chi connectivity index (χ0n) is 20.6. The Morgan fingerprint density at radius 3 is 2.24 bits per heavy atom. The lowest BCUT2D eigenvalue weighted by atomic mass is 9.64. The summed E-state index contributed by atoms with van der Waals surface area (Å²) < 4.78 is 104. The van der Waals surface area contributed by atoms with Crippen LogP contribution in [0.1, 0.15) is 37.8 Å². The maximum Gasteiger partial charge on any atom is 0.416 e. The maximum absolute atomic E-state index is 15.0. The highest BCUT2D eigenvalue weighted by Gasteiger charge is 2.61. The van der Waals surface area contributed by atoms with E-state index >= 15 is 13.2 Å². The molecular weight excluding hydrogens is 539 g/mol. The van der Waals surface area contributed by atoms with Crippen LogP contribution in [-0.2, 0) is 15.7 Å². The second kappa shape index (κ2) is 11.0. The molecule has 0 saturated heterocycles. The normalized spacial score (nSPS) is 19.1. The van der Waals surface area contributed by atoms with Gasteiger partial charge in [-0.25, -0.2) is 4.39 Å². The van der Waals surface area contributed by atoms with E-state index < -0.39 is 53.1 Å². The molecule has 0 saturated carbocycles. The first-order valence-electron chi connectivity index (χ1n) is 11.5. The van der Waals surface area contributed by atoms with Crippen molar-refractivity contribution in [2.75, 3.05) is 12.4 Å². The number of esters is 1. The summed E-state index contributed by atoms with van der Waals surface area (Å²) in [5.41, 5.74) is -4.25. The SMILES string of the molecule is COC(=O)C(CC(C)C)C1(C(F)(F)F)C=C(Nc2cc(F)cc(C(F)(F)F)c2)C=C(c2ccc(Cl)cc2)C1. The quantitative estimate of drug-likeness (QED) is 0.271. The smallest absolute Gasteiger partial charge is 0.416 e. The predicted octanol–water partition coefficient (Wildman–Crippen LogP) is 8.67. The lowest BCUT2D eigenvalue weighted by Gasteiger charge is -2.42. The third-order valence-corrected chi connectivity index (χ3v) is 6.55. The summed E-state index contributed by atoms with van der Waals surface area (Å²) in [6.45, 7) is 3.32. The summed E-state index contributed by atoms with van der Waals surface area (Å²) in [5.74, 6) is -4.30. The largest absolute Gasteiger partial charge is 0.469 e. The molecule has 2 aromatic rings. The summed E-state index contributed by atoms with van der Waals surface area (Å²) in [6.07, 6.45) is -8.57. The molecule has 1 aliphatic carbocycles. The zero-order chi connectivity index (χ0) is 28.5. The van der Waals surface area contributed by atoms with Crippen LogP contribution in [0.2, 0.25) is 5.02 Å². The van der Waals surface area contributed by atoms with Crippen LogP contribution < -0.4 is 5.32 Å². The standard InChI is InChI=1S/C27H25ClF7NO2/c1-15(2)8-23(24(37)38-3)25(27(33,34)35)13-17(16-4-6-19(28)7-5-16)9-22(14-25)36-21-11-18(26(30,31)32)10-20(29)12-21/h4-7,9-12,14-15,23,36H,8,13H2,1-3H3. The molecule has 0 aromatic heterocycles. The molecule has 11 heteroatoms. The van der Waals surface area contributed by atoms with E-state index in [4.69, 9.17) is 16.3 Å². The molecule has 0 spiro atoms. The fraction of sp³-hybridized carbons (Fsp3) is 0.370. The van der Waals surface area contributed by atoms with E-state index in [-0.39, 0.29) is 29.7 Å². The lowest BCUT2D eigenvalue weighted by Crippen LogP contribution is -2.48. The number of anilines is 1. The van der Waals surface area contributed by atoms with Gasteiger partial charge in [0, 0.05) is 16.4 Å². The van der Waals surface area contributed by atoms with Crippen molar-refractivity contribution >= 4 is 28.8 Å². The Balaban J connectivity index is 2.24. The highest BCUT2D eigenvalue weighted by atomic mass is 35.5. The number of ether oxygens (including phenoxy) is 1. The second-order valence-electron chi connectivity index (χ2n) is 9.55. The highest BCUT2D eigenvalue weighted by molar-refractivity contribution is 6.30. The van der Waals surface area contributed by atoms with Gasteiger partial charge in [-0.2, -0.15) is 26.3 Å². The van der Waals surface area contributed by atoms with Gasteiger partial charge < -0.3 is 10.1 Å². The van der Waals surface area contributed by atoms with E-state index in [1.54, 1.807) is 13.8 Å². The highest BCUT2D eigenvalue weighted by Crippen LogP contribution is 2.56. The van der Waals surface area contributed by atoms with Crippen molar-refractivity contribution in [1.82, 2.24) is 0 Å². The van der Waals surface area contributed by atoms with Crippen molar-refractivity contribution in [1.29, 1.82) is 0 Å². The Morgan fingerprint density at radius 2 is 1.71 bits per heavy atom. The molecule has 3 nitrogen and oxygen atoms in total. The van der Waals surface area contributed by atoms with Crippen LogP contribution in [0, 0.1) is 23.1 Å². The molecular formula is C27H25ClF7NO2. The van der Waals surface area contributed by atoms with Gasteiger partial charge in [0.2, 0.25) is 0 Å². The molecule has 2 unspecified atom stereocenters. The van der Waals surface area contributed by atoms with Crippen molar-refractivity contribution in [2.45, 2.75) is 39.0 Å². The molecule has 206 valence electrons. The minimum Gasteiger partial charge on any atom is -0.469 e. The van der Waals surface area contributed by atoms with E-state index in [0.29, 0.717) is 16.7 Å². The number of halogens is 8. The summed E-state index contributed by atoms with van der Waals surface area (Å²) in [7, 11) is 0.993. The minimum atomic E-state index is -4.97. The molecule has 2 atom stereocenters. The number of allylic oxidation sites excluding steroid dienone is 3. The van der Waals surface area contributed by atoms with E-state index in [2.05, 4.69) is 5.32 Å². The minimum absolute atomic E-state index is 0.147. The number of alkyl halides is 6. The Hall–Kier alpha value is -3.01. The Bertz CT molecular complexity index is 1230. The van der Waals surface area contributed by atoms with Crippen molar-refractivity contribution in [3.8, 4) is 0 Å². The summed E-state index contributed by atoms with van der Waals surface area (Å²) >= 11 is 5.94. The molecule has 2 aromatic carbocycles. The summed E-state index contributed by atoms with van der Waals surface area (Å²) in [5, 5.41) is 2.84. The molecule has 0 radical (unpaired) electrons. The maximum atomic E-state index is 15.0. The first-order chi connectivity index (χ1) is 17.6. The van der Waals surface area contributed by atoms with E-state index in [1.165, 1.54) is 30.3 Å². The van der Waals surface area contributed by atoms with Crippen LogP contribution in [0.3, 0.4) is 0 Å². The molecule has 38 heavy (non-hydrogen) atoms. The Morgan fingerprint density at radius 1 is 1.08 bits per heavy atom. The number of methoxy groups -OCH3 is 1. The van der Waals surface area contributed by atoms with E-state index in [1.807, 2.05) is 0 Å². The van der Waals surface area contributed by atoms with Gasteiger partial charge in [0.1, 0.15) is 11.2 Å². The molecule has 3 rings (SSSR count). The predicted molar refractivity (Wildman–Crippen MR) is 131 cm³/mol. The number of nitrogens with one attached hydrogen (secondary N) is 1. The number of hydrogen-bond donors (Lipinski definition) is 1. The number of rotatable bonds is 7. The topological polar surface area (TPSA) is 38.3 Å². The zero-order valence-corrected chi connectivity index (χ0v) is 21.4. The molecule has 0 amide bonds. The van der Waals surface area contributed by atoms with Crippen molar-refractivity contribution < 1.29 is 40.3 Å². The molecule has 0 bridgehead atoms. The third kappa shape index (κ3) is 6.51. The van der Waals surface area contributed by atoms with Crippen LogP contribution >= 0.6 is 11.6 Å². The summed E-state index contributed by atoms with van der Waals surface area (Å²) in [6, 6.07) is 7.57. The average molecular weight is 564 g/mol. The van der Waals surface area contributed by atoms with Gasteiger partial charge in [0.05, 0.1) is 18.6 Å². The number of carbonyl (C=O) groups excluding carboxylic acids is 1. The molecule has 0 aliphatic heterocycles. The van der Waals surface area contributed by atoms with Gasteiger partial charge in [0.25, 0.3) is 0 Å². The first kappa shape index (κ1) is 29.5. The second-order valence-corrected chi connectivity index (χ2v) is 9.98. The average Bonchev–Trinajstić information content (AvgIpc) is 2.80. The Kier molecular flexibility index (Phi) is 8.55. The van der Waals surface area contributed by atoms with Gasteiger partial charge in [0.15, 0.2) is 0 Å². The first-order valence-corrected chi connectivity index (χ1v) is 11.9. The van der Waals surface area contributed by atoms with Crippen LogP contribution in [0.15, 0.2) is 60.3 Å². The van der Waals surface area contributed by atoms with Crippen LogP contribution in [0.25, 0.3) is 5.57 Å². The lowest BCUT2D eigenvalue weighted by molar-refractivity contribution is -0.228. The summed E-state index contributed by atoms with van der Waals surface area (Å²) in [4.78, 5) is 12.8. The molecule has 0 heterocycles. The van der Waals surface area contributed by atoms with E-state index in [9.17, 15) is 22.4 Å². The third-order valence-electron chi connectivity index (χ3n) is 6.30. The van der Waals surface area contributed by atoms with Crippen LogP contribution in [0.4, 0.5) is 36.4 Å². The van der Waals surface area contributed by atoms with Gasteiger partial charge in [-0.05, 0) is 72.4 Å². The van der Waals surface area contributed by atoms with Gasteiger partial charge in [-0.1, -0.05) is 37.6 Å². The Labute approximate surface area is 220 Å². The van der Waals surface area contributed by atoms with Gasteiger partial charge in [-0.15, -0.1) is 0 Å². The van der Waals surface area contributed by atoms with E-state index in [0.717, 1.165) is 19.3 Å². The fourth-order valence-corrected chi connectivity index (χ4v) is 4.70. The molecule has 0 fully saturated rings. The van der Waals surface area contributed by atoms with Gasteiger partial charge in [-0.3, -0.25) is 4.79 Å².